The quantitative estimate of drug-likeness (QED) is 0.171. The largest absolute Gasteiger partial charge is 0.497 e. The zero-order chi connectivity index (χ0) is 26.8. The fraction of sp³-hybridized carbons (Fsp3) is 0.172. The van der Waals surface area contributed by atoms with Gasteiger partial charge in [0.2, 0.25) is 0 Å². The van der Waals surface area contributed by atoms with Crippen molar-refractivity contribution in [3.63, 3.8) is 0 Å². The van der Waals surface area contributed by atoms with Gasteiger partial charge in [-0.05, 0) is 65.6 Å². The van der Waals surface area contributed by atoms with Crippen LogP contribution in [0.4, 0.5) is 0 Å². The van der Waals surface area contributed by atoms with E-state index in [-0.39, 0.29) is 18.7 Å². The molecule has 0 unspecified atom stereocenters. The second kappa shape index (κ2) is 13.4. The SMILES string of the molecule is C=CCc1cc(/C=C(/C#N)C(=O)NCc2ccc(OC)cc2)cc(OC)c1OCc1ccc(Cl)c(Cl)c1. The average molecular weight is 537 g/mol. The fourth-order valence-corrected chi connectivity index (χ4v) is 3.83. The number of carbonyl (C=O) groups excluding carboxylic acids is 1. The Balaban J connectivity index is 1.81. The molecule has 8 heteroatoms. The van der Waals surface area contributed by atoms with Gasteiger partial charge in [0.25, 0.3) is 5.91 Å². The van der Waals surface area contributed by atoms with E-state index in [4.69, 9.17) is 37.4 Å². The first-order valence-electron chi connectivity index (χ1n) is 11.3. The molecule has 6 nitrogen and oxygen atoms in total. The third-order valence-corrected chi connectivity index (χ3v) is 6.13. The van der Waals surface area contributed by atoms with E-state index >= 15 is 0 Å². The Bertz CT molecular complexity index is 1350. The zero-order valence-corrected chi connectivity index (χ0v) is 22.0. The zero-order valence-electron chi connectivity index (χ0n) is 20.5. The van der Waals surface area contributed by atoms with Crippen molar-refractivity contribution in [1.82, 2.24) is 5.32 Å². The highest BCUT2D eigenvalue weighted by molar-refractivity contribution is 6.42. The molecule has 3 aromatic rings. The van der Waals surface area contributed by atoms with E-state index in [1.807, 2.05) is 30.3 Å². The van der Waals surface area contributed by atoms with Crippen molar-refractivity contribution in [3.05, 3.63) is 105 Å². The summed E-state index contributed by atoms with van der Waals surface area (Å²) in [5, 5.41) is 13.3. The lowest BCUT2D eigenvalue weighted by molar-refractivity contribution is -0.117. The fourth-order valence-electron chi connectivity index (χ4n) is 3.51. The van der Waals surface area contributed by atoms with Crippen LogP contribution in [-0.2, 0) is 24.4 Å². The summed E-state index contributed by atoms with van der Waals surface area (Å²) in [6, 6.07) is 18.1. The van der Waals surface area contributed by atoms with Crippen LogP contribution in [0, 0.1) is 11.3 Å². The van der Waals surface area contributed by atoms with Crippen molar-refractivity contribution in [1.29, 1.82) is 5.26 Å². The predicted octanol–water partition coefficient (Wildman–Crippen LogP) is 6.54. The third kappa shape index (κ3) is 7.53. The number of nitriles is 1. The summed E-state index contributed by atoms with van der Waals surface area (Å²) >= 11 is 12.1. The van der Waals surface area contributed by atoms with E-state index < -0.39 is 5.91 Å². The van der Waals surface area contributed by atoms with Crippen molar-refractivity contribution in [2.75, 3.05) is 14.2 Å². The molecule has 3 aromatic carbocycles. The van der Waals surface area contributed by atoms with Gasteiger partial charge < -0.3 is 19.5 Å². The molecule has 0 spiro atoms. The van der Waals surface area contributed by atoms with Crippen LogP contribution in [0.3, 0.4) is 0 Å². The van der Waals surface area contributed by atoms with Crippen molar-refractivity contribution in [2.45, 2.75) is 19.6 Å². The molecule has 0 saturated heterocycles. The Kier molecular flexibility index (Phi) is 10.0. The smallest absolute Gasteiger partial charge is 0.262 e. The molecule has 0 radical (unpaired) electrons. The van der Waals surface area contributed by atoms with Crippen LogP contribution in [0.15, 0.2) is 72.8 Å². The lowest BCUT2D eigenvalue weighted by atomic mass is 10.0. The van der Waals surface area contributed by atoms with Gasteiger partial charge >= 0.3 is 0 Å². The van der Waals surface area contributed by atoms with E-state index in [0.717, 1.165) is 22.4 Å². The summed E-state index contributed by atoms with van der Waals surface area (Å²) in [7, 11) is 3.11. The van der Waals surface area contributed by atoms with Gasteiger partial charge in [-0.3, -0.25) is 4.79 Å². The van der Waals surface area contributed by atoms with Crippen molar-refractivity contribution in [3.8, 4) is 23.3 Å². The maximum Gasteiger partial charge on any atom is 0.262 e. The Hall–Kier alpha value is -3.92. The van der Waals surface area contributed by atoms with Crippen molar-refractivity contribution < 1.29 is 19.0 Å². The van der Waals surface area contributed by atoms with Crippen molar-refractivity contribution >= 4 is 35.2 Å². The van der Waals surface area contributed by atoms with Crippen LogP contribution in [-0.4, -0.2) is 20.1 Å². The van der Waals surface area contributed by atoms with Crippen LogP contribution >= 0.6 is 23.2 Å². The molecule has 0 aliphatic carbocycles. The summed E-state index contributed by atoms with van der Waals surface area (Å²) in [6.07, 6.45) is 3.74. The highest BCUT2D eigenvalue weighted by atomic mass is 35.5. The molecule has 190 valence electrons. The molecule has 0 fully saturated rings. The van der Waals surface area contributed by atoms with E-state index in [1.165, 1.54) is 13.2 Å². The number of hydrogen-bond acceptors (Lipinski definition) is 5. The molecule has 0 saturated carbocycles. The second-order valence-corrected chi connectivity index (χ2v) is 8.76. The molecule has 0 aliphatic heterocycles. The number of ether oxygens (including phenoxy) is 3. The van der Waals surface area contributed by atoms with Gasteiger partial charge in [-0.1, -0.05) is 47.5 Å². The number of methoxy groups -OCH3 is 2. The van der Waals surface area contributed by atoms with Crippen LogP contribution in [0.5, 0.6) is 17.2 Å². The number of rotatable bonds is 11. The highest BCUT2D eigenvalue weighted by Crippen LogP contribution is 2.35. The number of nitrogens with one attached hydrogen (secondary N) is 1. The van der Waals surface area contributed by atoms with Crippen molar-refractivity contribution in [2.24, 2.45) is 0 Å². The average Bonchev–Trinajstić information content (AvgIpc) is 2.91. The lowest BCUT2D eigenvalue weighted by Crippen LogP contribution is -2.23. The minimum absolute atomic E-state index is 0.0374. The third-order valence-electron chi connectivity index (χ3n) is 5.39. The normalized spacial score (nSPS) is 10.8. The summed E-state index contributed by atoms with van der Waals surface area (Å²) in [5.41, 5.74) is 3.09. The summed E-state index contributed by atoms with van der Waals surface area (Å²) in [5.74, 6) is 1.23. The summed E-state index contributed by atoms with van der Waals surface area (Å²) in [6.45, 7) is 4.34. The van der Waals surface area contributed by atoms with Crippen LogP contribution < -0.4 is 19.5 Å². The van der Waals surface area contributed by atoms with Crippen LogP contribution in [0.25, 0.3) is 6.08 Å². The number of amides is 1. The monoisotopic (exact) mass is 536 g/mol. The molecular weight excluding hydrogens is 511 g/mol. The Labute approximate surface area is 226 Å². The standard InChI is InChI=1S/C29H26Cl2N2O4/c1-4-5-22-12-21(13-23(16-32)29(34)33-17-19-6-9-24(35-2)10-7-19)15-27(36-3)28(22)37-18-20-8-11-25(30)26(31)14-20/h4,6-15H,1,5,17-18H2,2-3H3,(H,33,34)/b23-13-. The number of hydrogen-bond donors (Lipinski definition) is 1. The van der Waals surface area contributed by atoms with E-state index in [9.17, 15) is 10.1 Å². The Morgan fingerprint density at radius 3 is 2.38 bits per heavy atom. The summed E-state index contributed by atoms with van der Waals surface area (Å²) in [4.78, 5) is 12.7. The van der Waals surface area contributed by atoms with Gasteiger partial charge in [0.1, 0.15) is 24.0 Å². The molecule has 0 aliphatic rings. The lowest BCUT2D eigenvalue weighted by Gasteiger charge is -2.16. The predicted molar refractivity (Wildman–Crippen MR) is 146 cm³/mol. The molecule has 0 bridgehead atoms. The van der Waals surface area contributed by atoms with Gasteiger partial charge in [0.05, 0.1) is 24.3 Å². The molecular formula is C29H26Cl2N2O4. The molecule has 1 N–H and O–H groups in total. The van der Waals surface area contributed by atoms with Crippen LogP contribution in [0.1, 0.15) is 22.3 Å². The van der Waals surface area contributed by atoms with E-state index in [0.29, 0.717) is 33.5 Å². The first kappa shape index (κ1) is 27.7. The Morgan fingerprint density at radius 1 is 1.03 bits per heavy atom. The highest BCUT2D eigenvalue weighted by Gasteiger charge is 2.15. The number of benzene rings is 3. The molecule has 0 aromatic heterocycles. The van der Waals surface area contributed by atoms with E-state index in [2.05, 4.69) is 11.9 Å². The number of nitrogens with zero attached hydrogens (tertiary/aromatic N) is 1. The van der Waals surface area contributed by atoms with E-state index in [1.54, 1.807) is 43.5 Å². The maximum atomic E-state index is 12.7. The molecule has 3 rings (SSSR count). The van der Waals surface area contributed by atoms with Gasteiger partial charge in [-0.25, -0.2) is 0 Å². The number of allylic oxidation sites excluding steroid dienone is 1. The minimum atomic E-state index is -0.484. The molecule has 0 heterocycles. The Morgan fingerprint density at radius 2 is 1.76 bits per heavy atom. The van der Waals surface area contributed by atoms with Crippen LogP contribution in [0.2, 0.25) is 10.0 Å². The summed E-state index contributed by atoms with van der Waals surface area (Å²) < 4.78 is 16.8. The number of halogens is 2. The molecule has 0 atom stereocenters. The minimum Gasteiger partial charge on any atom is -0.497 e. The molecule has 37 heavy (non-hydrogen) atoms. The number of carbonyl (C=O) groups is 1. The molecule has 1 amide bonds. The van der Waals surface area contributed by atoms with Gasteiger partial charge in [0, 0.05) is 12.1 Å². The maximum absolute atomic E-state index is 12.7. The first-order chi connectivity index (χ1) is 17.9. The first-order valence-corrected chi connectivity index (χ1v) is 12.1. The van der Waals surface area contributed by atoms with Gasteiger partial charge in [-0.2, -0.15) is 5.26 Å². The van der Waals surface area contributed by atoms with Gasteiger partial charge in [-0.15, -0.1) is 6.58 Å². The van der Waals surface area contributed by atoms with Gasteiger partial charge in [0.15, 0.2) is 11.5 Å². The second-order valence-electron chi connectivity index (χ2n) is 7.94. The topological polar surface area (TPSA) is 80.6 Å².